The number of para-hydroxylation sites is 2. The molecule has 6 nitrogen and oxygen atoms in total. The number of halogens is 2. The number of nitrogens with one attached hydrogen (secondary N) is 1. The molecule has 142 valence electrons. The number of nitrogens with two attached hydrogens (primary N) is 1. The molecule has 0 radical (unpaired) electrons. The van der Waals surface area contributed by atoms with Crippen LogP contribution in [0.25, 0.3) is 11.1 Å². The highest BCUT2D eigenvalue weighted by atomic mass is 35.5. The summed E-state index contributed by atoms with van der Waals surface area (Å²) in [5, 5.41) is 0.372. The Labute approximate surface area is 169 Å². The van der Waals surface area contributed by atoms with Crippen LogP contribution in [-0.4, -0.2) is 9.97 Å². The number of nitrogens with zero attached hydrogens (tertiary/aromatic N) is 1. The molecule has 4 rings (SSSR count). The highest BCUT2D eigenvalue weighted by Gasteiger charge is 2.12. The fourth-order valence-electron chi connectivity index (χ4n) is 2.82. The van der Waals surface area contributed by atoms with Crippen molar-refractivity contribution in [2.24, 2.45) is 0 Å². The minimum Gasteiger partial charge on any atom is -0.455 e. The number of aromatic nitrogens is 2. The highest BCUT2D eigenvalue weighted by molar-refractivity contribution is 6.32. The summed E-state index contributed by atoms with van der Waals surface area (Å²) >= 11 is 12.1. The maximum absolute atomic E-state index is 12.2. The van der Waals surface area contributed by atoms with E-state index in [1.54, 1.807) is 24.3 Å². The van der Waals surface area contributed by atoms with Crippen molar-refractivity contribution < 1.29 is 9.15 Å². The van der Waals surface area contributed by atoms with Crippen LogP contribution in [0.5, 0.6) is 11.5 Å². The number of pyridine rings is 1. The third-order valence-corrected chi connectivity index (χ3v) is 4.64. The largest absolute Gasteiger partial charge is 0.455 e. The molecular formula is C20H15Cl2N3O3. The number of aryl methyl sites for hydroxylation is 2. The summed E-state index contributed by atoms with van der Waals surface area (Å²) < 4.78 is 11.4. The molecule has 0 bridgehead atoms. The van der Waals surface area contributed by atoms with Crippen LogP contribution < -0.4 is 16.0 Å². The van der Waals surface area contributed by atoms with E-state index in [1.165, 1.54) is 0 Å². The number of anilines is 1. The Hall–Kier alpha value is -2.96. The van der Waals surface area contributed by atoms with Crippen molar-refractivity contribution >= 4 is 40.0 Å². The molecular weight excluding hydrogens is 401 g/mol. The van der Waals surface area contributed by atoms with Crippen LogP contribution in [0.15, 0.2) is 57.7 Å². The molecule has 0 aliphatic rings. The van der Waals surface area contributed by atoms with E-state index in [0.717, 1.165) is 11.1 Å². The van der Waals surface area contributed by atoms with Crippen LogP contribution in [0, 0.1) is 0 Å². The quantitative estimate of drug-likeness (QED) is 0.448. The first kappa shape index (κ1) is 18.4. The molecule has 28 heavy (non-hydrogen) atoms. The lowest BCUT2D eigenvalue weighted by Gasteiger charge is -2.10. The average Bonchev–Trinajstić information content (AvgIpc) is 3.06. The lowest BCUT2D eigenvalue weighted by Crippen LogP contribution is -2.11. The molecule has 0 atom stereocenters. The minimum absolute atomic E-state index is 0.0517. The van der Waals surface area contributed by atoms with E-state index >= 15 is 0 Å². The molecule has 2 heterocycles. The Kier molecular flexibility index (Phi) is 4.98. The molecule has 2 aromatic carbocycles. The van der Waals surface area contributed by atoms with Gasteiger partial charge < -0.3 is 19.9 Å². The van der Waals surface area contributed by atoms with Crippen LogP contribution >= 0.6 is 23.2 Å². The van der Waals surface area contributed by atoms with Crippen LogP contribution in [-0.2, 0) is 12.8 Å². The predicted octanol–water partition coefficient (Wildman–Crippen LogP) is 4.98. The normalized spacial score (nSPS) is 11.1. The van der Waals surface area contributed by atoms with E-state index in [2.05, 4.69) is 9.97 Å². The Morgan fingerprint density at radius 2 is 1.93 bits per heavy atom. The SMILES string of the molecule is Nc1cc(Cl)cc(Oc2cc(CCc3nc4ccccc4o3)[nH]c(=O)c2Cl)c1. The Bertz CT molecular complexity index is 1160. The third kappa shape index (κ3) is 3.98. The Morgan fingerprint density at radius 3 is 2.71 bits per heavy atom. The lowest BCUT2D eigenvalue weighted by molar-refractivity contribution is 0.480. The molecule has 0 amide bonds. The van der Waals surface area contributed by atoms with Gasteiger partial charge in [0.15, 0.2) is 17.2 Å². The molecule has 0 saturated carbocycles. The lowest BCUT2D eigenvalue weighted by atomic mass is 10.2. The van der Waals surface area contributed by atoms with Gasteiger partial charge in [0.1, 0.15) is 16.3 Å². The van der Waals surface area contributed by atoms with Gasteiger partial charge in [0, 0.05) is 35.0 Å². The summed E-state index contributed by atoms with van der Waals surface area (Å²) in [4.78, 5) is 19.4. The molecule has 0 fully saturated rings. The van der Waals surface area contributed by atoms with E-state index in [9.17, 15) is 4.79 Å². The van der Waals surface area contributed by atoms with Crippen molar-refractivity contribution in [3.05, 3.63) is 80.5 Å². The number of H-pyrrole nitrogens is 1. The number of oxazole rings is 1. The molecule has 0 saturated heterocycles. The van der Waals surface area contributed by atoms with E-state index in [4.69, 9.17) is 38.1 Å². The monoisotopic (exact) mass is 415 g/mol. The highest BCUT2D eigenvalue weighted by Crippen LogP contribution is 2.30. The van der Waals surface area contributed by atoms with Crippen LogP contribution in [0.4, 0.5) is 5.69 Å². The second kappa shape index (κ2) is 7.58. The van der Waals surface area contributed by atoms with E-state index in [-0.39, 0.29) is 10.8 Å². The maximum atomic E-state index is 12.2. The zero-order valence-electron chi connectivity index (χ0n) is 14.5. The number of hydrogen-bond acceptors (Lipinski definition) is 5. The zero-order valence-corrected chi connectivity index (χ0v) is 16.1. The van der Waals surface area contributed by atoms with Crippen molar-refractivity contribution in [3.8, 4) is 11.5 Å². The number of benzene rings is 2. The van der Waals surface area contributed by atoms with Gasteiger partial charge in [0.25, 0.3) is 5.56 Å². The molecule has 0 aliphatic heterocycles. The van der Waals surface area contributed by atoms with Crippen molar-refractivity contribution in [2.75, 3.05) is 5.73 Å². The molecule has 2 aromatic heterocycles. The number of fused-ring (bicyclic) bond motifs is 1. The van der Waals surface area contributed by atoms with Crippen LogP contribution in [0.3, 0.4) is 0 Å². The van der Waals surface area contributed by atoms with E-state index in [1.807, 2.05) is 24.3 Å². The summed E-state index contributed by atoms with van der Waals surface area (Å²) in [5.74, 6) is 1.20. The summed E-state index contributed by atoms with van der Waals surface area (Å²) in [6.45, 7) is 0. The van der Waals surface area contributed by atoms with E-state index in [0.29, 0.717) is 40.9 Å². The van der Waals surface area contributed by atoms with Gasteiger partial charge in [-0.15, -0.1) is 0 Å². The van der Waals surface area contributed by atoms with Crippen LogP contribution in [0.2, 0.25) is 10.0 Å². The second-order valence-corrected chi connectivity index (χ2v) is 7.01. The van der Waals surface area contributed by atoms with E-state index < -0.39 is 5.56 Å². The van der Waals surface area contributed by atoms with Gasteiger partial charge in [0.2, 0.25) is 0 Å². The zero-order chi connectivity index (χ0) is 19.7. The van der Waals surface area contributed by atoms with Crippen LogP contribution in [0.1, 0.15) is 11.6 Å². The predicted molar refractivity (Wildman–Crippen MR) is 109 cm³/mol. The molecule has 0 unspecified atom stereocenters. The number of rotatable bonds is 5. The van der Waals surface area contributed by atoms with Gasteiger partial charge in [-0.2, -0.15) is 0 Å². The summed E-state index contributed by atoms with van der Waals surface area (Å²) in [5.41, 5.74) is 7.94. The van der Waals surface area contributed by atoms with Crippen molar-refractivity contribution in [1.29, 1.82) is 0 Å². The molecule has 0 aliphatic carbocycles. The van der Waals surface area contributed by atoms with Gasteiger partial charge in [-0.1, -0.05) is 35.3 Å². The Morgan fingerprint density at radius 1 is 1.11 bits per heavy atom. The fraction of sp³-hybridized carbons (Fsp3) is 0.100. The second-order valence-electron chi connectivity index (χ2n) is 6.20. The summed E-state index contributed by atoms with van der Waals surface area (Å²) in [7, 11) is 0. The Balaban J connectivity index is 1.57. The van der Waals surface area contributed by atoms with Gasteiger partial charge in [-0.25, -0.2) is 4.98 Å². The number of nitrogen functional groups attached to an aromatic ring is 1. The first-order chi connectivity index (χ1) is 13.5. The number of hydrogen-bond donors (Lipinski definition) is 2. The van der Waals surface area contributed by atoms with Crippen molar-refractivity contribution in [2.45, 2.75) is 12.8 Å². The topological polar surface area (TPSA) is 94.1 Å². The van der Waals surface area contributed by atoms with Gasteiger partial charge in [-0.3, -0.25) is 4.79 Å². The minimum atomic E-state index is -0.443. The van der Waals surface area contributed by atoms with Gasteiger partial charge in [-0.05, 0) is 30.7 Å². The smallest absolute Gasteiger partial charge is 0.270 e. The third-order valence-electron chi connectivity index (χ3n) is 4.06. The standard InChI is InChI=1S/C20H15Cl2N3O3/c21-11-7-12(23)9-14(8-11)27-17-10-13(24-20(26)19(17)22)5-6-18-25-15-3-1-2-4-16(15)28-18/h1-4,7-10H,5-6,23H2,(H,24,26). The first-order valence-corrected chi connectivity index (χ1v) is 9.23. The molecule has 3 N–H and O–H groups in total. The fourth-order valence-corrected chi connectivity index (χ4v) is 3.19. The molecule has 4 aromatic rings. The maximum Gasteiger partial charge on any atom is 0.270 e. The number of ether oxygens (including phenoxy) is 1. The van der Waals surface area contributed by atoms with Crippen molar-refractivity contribution in [3.63, 3.8) is 0 Å². The summed E-state index contributed by atoms with van der Waals surface area (Å²) in [6, 6.07) is 14.0. The first-order valence-electron chi connectivity index (χ1n) is 8.48. The molecule has 0 spiro atoms. The average molecular weight is 416 g/mol. The van der Waals surface area contributed by atoms with Gasteiger partial charge >= 0.3 is 0 Å². The van der Waals surface area contributed by atoms with Gasteiger partial charge in [0.05, 0.1) is 0 Å². The molecule has 8 heteroatoms. The summed E-state index contributed by atoms with van der Waals surface area (Å²) in [6.07, 6.45) is 1.00. The number of aromatic amines is 1. The van der Waals surface area contributed by atoms with Crippen molar-refractivity contribution in [1.82, 2.24) is 9.97 Å².